The van der Waals surface area contributed by atoms with E-state index in [9.17, 15) is 9.59 Å². The highest BCUT2D eigenvalue weighted by Crippen LogP contribution is 2.17. The van der Waals surface area contributed by atoms with Crippen LogP contribution in [0.4, 0.5) is 0 Å². The van der Waals surface area contributed by atoms with Crippen molar-refractivity contribution in [2.24, 2.45) is 0 Å². The third-order valence-corrected chi connectivity index (χ3v) is 2.33. The Morgan fingerprint density at radius 3 is 2.67 bits per heavy atom. The van der Waals surface area contributed by atoms with Gasteiger partial charge in [0.1, 0.15) is 12.3 Å². The maximum Gasteiger partial charge on any atom is 0.344 e. The third-order valence-electron chi connectivity index (χ3n) is 2.33. The van der Waals surface area contributed by atoms with E-state index in [2.05, 4.69) is 10.1 Å². The van der Waals surface area contributed by atoms with E-state index >= 15 is 0 Å². The monoisotopic (exact) mass is 249 g/mol. The first-order valence-electron chi connectivity index (χ1n) is 5.13. The smallest absolute Gasteiger partial charge is 0.344 e. The maximum atomic E-state index is 11.4. The van der Waals surface area contributed by atoms with Crippen LogP contribution in [0.1, 0.15) is 0 Å². The number of aliphatic carboxylic acids is 1. The number of aromatic nitrogens is 3. The molecule has 18 heavy (non-hydrogen) atoms. The van der Waals surface area contributed by atoms with Crippen molar-refractivity contribution in [2.45, 2.75) is 6.54 Å². The molecule has 0 radical (unpaired) electrons. The second-order valence-electron chi connectivity index (χ2n) is 3.56. The summed E-state index contributed by atoms with van der Waals surface area (Å²) in [5.41, 5.74) is 0.125. The number of hydrogen-bond donors (Lipinski definition) is 2. The van der Waals surface area contributed by atoms with E-state index in [0.29, 0.717) is 17.1 Å². The number of aromatic amines is 1. The second-order valence-corrected chi connectivity index (χ2v) is 3.56. The van der Waals surface area contributed by atoms with Gasteiger partial charge in [-0.2, -0.15) is 0 Å². The van der Waals surface area contributed by atoms with Gasteiger partial charge in [-0.25, -0.2) is 9.48 Å². The molecular formula is C11H11N3O4. The minimum Gasteiger partial charge on any atom is -0.497 e. The maximum absolute atomic E-state index is 11.4. The highest BCUT2D eigenvalue weighted by atomic mass is 16.5. The van der Waals surface area contributed by atoms with E-state index in [4.69, 9.17) is 9.84 Å². The Morgan fingerprint density at radius 1 is 1.44 bits per heavy atom. The Bertz CT molecular complexity index is 612. The number of hydrogen-bond acceptors (Lipinski definition) is 4. The third kappa shape index (κ3) is 2.40. The summed E-state index contributed by atoms with van der Waals surface area (Å²) in [7, 11) is 1.55. The Hall–Kier alpha value is -2.57. The number of nitrogens with zero attached hydrogens (tertiary/aromatic N) is 2. The van der Waals surface area contributed by atoms with Crippen LogP contribution in [0, 0.1) is 0 Å². The first-order valence-corrected chi connectivity index (χ1v) is 5.13. The van der Waals surface area contributed by atoms with Gasteiger partial charge in [0.25, 0.3) is 0 Å². The number of carbonyl (C=O) groups is 1. The van der Waals surface area contributed by atoms with Crippen LogP contribution >= 0.6 is 0 Å². The quantitative estimate of drug-likeness (QED) is 0.813. The average Bonchev–Trinajstić information content (AvgIpc) is 2.70. The van der Waals surface area contributed by atoms with E-state index in [1.54, 1.807) is 31.4 Å². The number of carboxylic acid groups (broad SMARTS) is 1. The SMILES string of the molecule is COc1ccc(-c2nn(CC(=O)O)c(=O)[nH]2)cc1. The summed E-state index contributed by atoms with van der Waals surface area (Å²) in [5, 5.41) is 12.5. The van der Waals surface area contributed by atoms with Crippen LogP contribution in [-0.2, 0) is 11.3 Å². The van der Waals surface area contributed by atoms with Gasteiger partial charge in [-0.15, -0.1) is 5.10 Å². The Morgan fingerprint density at radius 2 is 2.11 bits per heavy atom. The topological polar surface area (TPSA) is 97.2 Å². The number of nitrogens with one attached hydrogen (secondary N) is 1. The van der Waals surface area contributed by atoms with E-state index in [1.165, 1.54) is 0 Å². The lowest BCUT2D eigenvalue weighted by molar-refractivity contribution is -0.137. The number of H-pyrrole nitrogens is 1. The molecule has 94 valence electrons. The lowest BCUT2D eigenvalue weighted by Crippen LogP contribution is -2.22. The van der Waals surface area contributed by atoms with Gasteiger partial charge in [-0.05, 0) is 24.3 Å². The molecule has 0 fully saturated rings. The molecule has 7 nitrogen and oxygen atoms in total. The molecule has 0 spiro atoms. The van der Waals surface area contributed by atoms with Gasteiger partial charge in [0.15, 0.2) is 5.82 Å². The summed E-state index contributed by atoms with van der Waals surface area (Å²) in [6.07, 6.45) is 0. The standard InChI is InChI=1S/C11H11N3O4/c1-18-8-4-2-7(3-5-8)10-12-11(17)14(13-10)6-9(15)16/h2-5H,6H2,1H3,(H,15,16)(H,12,13,17). The minimum absolute atomic E-state index is 0.323. The highest BCUT2D eigenvalue weighted by molar-refractivity contribution is 5.66. The number of rotatable bonds is 4. The van der Waals surface area contributed by atoms with Gasteiger partial charge in [0.05, 0.1) is 7.11 Å². The van der Waals surface area contributed by atoms with Crippen LogP contribution in [0.15, 0.2) is 29.1 Å². The van der Waals surface area contributed by atoms with Crippen LogP contribution in [0.2, 0.25) is 0 Å². The van der Waals surface area contributed by atoms with Crippen molar-refractivity contribution in [1.29, 1.82) is 0 Å². The van der Waals surface area contributed by atoms with Gasteiger partial charge in [-0.1, -0.05) is 0 Å². The first kappa shape index (κ1) is 11.9. The molecule has 0 saturated heterocycles. The molecule has 0 aliphatic heterocycles. The molecule has 0 bridgehead atoms. The van der Waals surface area contributed by atoms with Crippen molar-refractivity contribution in [3.05, 3.63) is 34.7 Å². The van der Waals surface area contributed by atoms with Gasteiger partial charge >= 0.3 is 11.7 Å². The van der Waals surface area contributed by atoms with Gasteiger partial charge in [0, 0.05) is 5.56 Å². The zero-order valence-electron chi connectivity index (χ0n) is 9.58. The fraction of sp³-hybridized carbons (Fsp3) is 0.182. The molecule has 1 heterocycles. The molecular weight excluding hydrogens is 238 g/mol. The van der Waals surface area contributed by atoms with Crippen LogP contribution < -0.4 is 10.4 Å². The number of ether oxygens (including phenoxy) is 1. The van der Waals surface area contributed by atoms with Crippen molar-refractivity contribution in [3.63, 3.8) is 0 Å². The summed E-state index contributed by atoms with van der Waals surface area (Å²) in [5.74, 6) is -0.111. The predicted octanol–water partition coefficient (Wildman–Crippen LogP) is 0.332. The largest absolute Gasteiger partial charge is 0.497 e. The lowest BCUT2D eigenvalue weighted by atomic mass is 10.2. The Balaban J connectivity index is 2.33. The van der Waals surface area contributed by atoms with E-state index in [-0.39, 0.29) is 0 Å². The van der Waals surface area contributed by atoms with Crippen molar-refractivity contribution in [3.8, 4) is 17.1 Å². The van der Waals surface area contributed by atoms with Crippen LogP contribution in [0.3, 0.4) is 0 Å². The molecule has 0 aliphatic rings. The fourth-order valence-corrected chi connectivity index (χ4v) is 1.47. The predicted molar refractivity (Wildman–Crippen MR) is 62.5 cm³/mol. The molecule has 2 rings (SSSR count). The van der Waals surface area contributed by atoms with E-state index in [0.717, 1.165) is 4.68 Å². The van der Waals surface area contributed by atoms with Crippen molar-refractivity contribution >= 4 is 5.97 Å². The second kappa shape index (κ2) is 4.74. The minimum atomic E-state index is -1.12. The van der Waals surface area contributed by atoms with E-state index in [1.807, 2.05) is 0 Å². The van der Waals surface area contributed by atoms with Gasteiger partial charge in [0.2, 0.25) is 0 Å². The van der Waals surface area contributed by atoms with Crippen LogP contribution in [-0.4, -0.2) is 33.0 Å². The van der Waals surface area contributed by atoms with Gasteiger partial charge in [-0.3, -0.25) is 9.78 Å². The van der Waals surface area contributed by atoms with Gasteiger partial charge < -0.3 is 9.84 Å². The molecule has 1 aromatic carbocycles. The molecule has 2 aromatic rings. The zero-order valence-corrected chi connectivity index (χ0v) is 9.58. The lowest BCUT2D eigenvalue weighted by Gasteiger charge is -1.99. The summed E-state index contributed by atoms with van der Waals surface area (Å²) >= 11 is 0. The Kier molecular flexibility index (Phi) is 3.13. The van der Waals surface area contributed by atoms with E-state index < -0.39 is 18.2 Å². The number of carboxylic acids is 1. The zero-order chi connectivity index (χ0) is 13.1. The highest BCUT2D eigenvalue weighted by Gasteiger charge is 2.09. The average molecular weight is 249 g/mol. The van der Waals surface area contributed by atoms with Crippen molar-refractivity contribution < 1.29 is 14.6 Å². The fourth-order valence-electron chi connectivity index (χ4n) is 1.47. The Labute approximate surface area is 102 Å². The molecule has 2 N–H and O–H groups in total. The van der Waals surface area contributed by atoms with Crippen LogP contribution in [0.25, 0.3) is 11.4 Å². The molecule has 1 aromatic heterocycles. The summed E-state index contributed by atoms with van der Waals surface area (Å²) in [6.45, 7) is -0.467. The summed E-state index contributed by atoms with van der Waals surface area (Å²) in [4.78, 5) is 24.4. The summed E-state index contributed by atoms with van der Waals surface area (Å²) < 4.78 is 5.87. The van der Waals surface area contributed by atoms with Crippen molar-refractivity contribution in [2.75, 3.05) is 7.11 Å². The normalized spacial score (nSPS) is 10.3. The molecule has 0 aliphatic carbocycles. The van der Waals surface area contributed by atoms with Crippen molar-refractivity contribution in [1.82, 2.24) is 14.8 Å². The molecule has 0 unspecified atom stereocenters. The van der Waals surface area contributed by atoms with Crippen LogP contribution in [0.5, 0.6) is 5.75 Å². The molecule has 7 heteroatoms. The summed E-state index contributed by atoms with van der Waals surface area (Å²) in [6, 6.07) is 6.90. The molecule has 0 atom stereocenters. The number of benzene rings is 1. The molecule has 0 saturated carbocycles. The first-order chi connectivity index (χ1) is 8.60. The number of methoxy groups -OCH3 is 1. The molecule has 0 amide bonds.